The van der Waals surface area contributed by atoms with E-state index >= 15 is 0 Å². The topological polar surface area (TPSA) is 29.9 Å². The molecule has 0 saturated heterocycles. The summed E-state index contributed by atoms with van der Waals surface area (Å²) in [7, 11) is 1.90. The predicted octanol–water partition coefficient (Wildman–Crippen LogP) is 2.43. The van der Waals surface area contributed by atoms with E-state index in [2.05, 4.69) is 10.4 Å². The van der Waals surface area contributed by atoms with E-state index in [1.807, 2.05) is 24.9 Å². The minimum absolute atomic E-state index is 0.216. The summed E-state index contributed by atoms with van der Waals surface area (Å²) in [5.74, 6) is -0.216. The lowest BCUT2D eigenvalue weighted by Crippen LogP contribution is -2.07. The number of aromatic nitrogens is 2. The first-order chi connectivity index (χ1) is 8.26. The van der Waals surface area contributed by atoms with Crippen molar-refractivity contribution in [2.75, 3.05) is 7.05 Å². The van der Waals surface area contributed by atoms with Gasteiger partial charge in [-0.2, -0.15) is 5.10 Å². The van der Waals surface area contributed by atoms with Crippen molar-refractivity contribution in [3.63, 3.8) is 0 Å². The number of rotatable bonds is 4. The number of hydrogen-bond donors (Lipinski definition) is 1. The van der Waals surface area contributed by atoms with Gasteiger partial charge >= 0.3 is 0 Å². The fourth-order valence-corrected chi connectivity index (χ4v) is 1.93. The van der Waals surface area contributed by atoms with Crippen molar-refractivity contribution in [1.29, 1.82) is 0 Å². The highest BCUT2D eigenvalue weighted by Crippen LogP contribution is 2.24. The van der Waals surface area contributed by atoms with Crippen LogP contribution in [0.25, 0.3) is 11.3 Å². The number of benzene rings is 1. The Morgan fingerprint density at radius 1 is 1.29 bits per heavy atom. The Balaban J connectivity index is 2.47. The molecule has 90 valence electrons. The molecule has 4 heteroatoms. The molecule has 0 saturated carbocycles. The Morgan fingerprint density at radius 3 is 2.59 bits per heavy atom. The van der Waals surface area contributed by atoms with Gasteiger partial charge in [0.05, 0.1) is 11.9 Å². The molecule has 0 radical (unpaired) electrons. The molecule has 0 aliphatic rings. The summed E-state index contributed by atoms with van der Waals surface area (Å²) < 4.78 is 14.9. The fraction of sp³-hybridized carbons (Fsp3) is 0.308. The Labute approximate surface area is 100 Å². The van der Waals surface area contributed by atoms with Crippen LogP contribution < -0.4 is 5.32 Å². The molecule has 0 amide bonds. The first kappa shape index (κ1) is 11.8. The summed E-state index contributed by atoms with van der Waals surface area (Å²) in [6.07, 6.45) is 1.86. The van der Waals surface area contributed by atoms with Gasteiger partial charge in [-0.1, -0.05) is 0 Å². The SMILES string of the molecule is CCn1ncc(CNC)c1-c1ccc(F)cc1. The van der Waals surface area contributed by atoms with Gasteiger partial charge in [0.1, 0.15) is 5.82 Å². The first-order valence-electron chi connectivity index (χ1n) is 5.71. The van der Waals surface area contributed by atoms with Crippen molar-refractivity contribution in [2.45, 2.75) is 20.0 Å². The molecule has 0 fully saturated rings. The second-order valence-electron chi connectivity index (χ2n) is 3.87. The molecular weight excluding hydrogens is 217 g/mol. The zero-order valence-electron chi connectivity index (χ0n) is 10.1. The number of aryl methyl sites for hydroxylation is 1. The third-order valence-electron chi connectivity index (χ3n) is 2.70. The van der Waals surface area contributed by atoms with Crippen LogP contribution in [0.5, 0.6) is 0 Å². The van der Waals surface area contributed by atoms with Crippen LogP contribution in [0.15, 0.2) is 30.5 Å². The van der Waals surface area contributed by atoms with E-state index in [1.165, 1.54) is 12.1 Å². The molecule has 1 heterocycles. The maximum absolute atomic E-state index is 12.9. The summed E-state index contributed by atoms with van der Waals surface area (Å²) in [5.41, 5.74) is 3.18. The van der Waals surface area contributed by atoms with Crippen LogP contribution in [0, 0.1) is 5.82 Å². The van der Waals surface area contributed by atoms with Gasteiger partial charge in [-0.15, -0.1) is 0 Å². The first-order valence-corrected chi connectivity index (χ1v) is 5.71. The fourth-order valence-electron chi connectivity index (χ4n) is 1.93. The Morgan fingerprint density at radius 2 is 2.00 bits per heavy atom. The molecule has 2 aromatic rings. The molecule has 1 aromatic heterocycles. The van der Waals surface area contributed by atoms with Crippen LogP contribution in [0.2, 0.25) is 0 Å². The van der Waals surface area contributed by atoms with Crippen molar-refractivity contribution in [3.05, 3.63) is 41.8 Å². The molecule has 3 nitrogen and oxygen atoms in total. The van der Waals surface area contributed by atoms with Crippen molar-refractivity contribution in [2.24, 2.45) is 0 Å². The second kappa shape index (κ2) is 5.10. The summed E-state index contributed by atoms with van der Waals surface area (Å²) >= 11 is 0. The summed E-state index contributed by atoms with van der Waals surface area (Å²) in [5, 5.41) is 7.45. The molecular formula is C13H16FN3. The molecule has 0 unspecified atom stereocenters. The highest BCUT2D eigenvalue weighted by molar-refractivity contribution is 5.63. The quantitative estimate of drug-likeness (QED) is 0.879. The highest BCUT2D eigenvalue weighted by atomic mass is 19.1. The van der Waals surface area contributed by atoms with E-state index in [1.54, 1.807) is 12.1 Å². The maximum atomic E-state index is 12.9. The molecule has 1 N–H and O–H groups in total. The number of nitrogens with one attached hydrogen (secondary N) is 1. The van der Waals surface area contributed by atoms with E-state index in [0.29, 0.717) is 0 Å². The molecule has 17 heavy (non-hydrogen) atoms. The van der Waals surface area contributed by atoms with E-state index in [-0.39, 0.29) is 5.82 Å². The molecule has 0 aliphatic carbocycles. The molecule has 0 bridgehead atoms. The van der Waals surface area contributed by atoms with E-state index in [0.717, 1.165) is 29.9 Å². The van der Waals surface area contributed by atoms with Crippen LogP contribution in [0.3, 0.4) is 0 Å². The third kappa shape index (κ3) is 2.36. The normalized spacial score (nSPS) is 10.8. The van der Waals surface area contributed by atoms with Crippen molar-refractivity contribution in [3.8, 4) is 11.3 Å². The van der Waals surface area contributed by atoms with Gasteiger partial charge < -0.3 is 5.32 Å². The maximum Gasteiger partial charge on any atom is 0.123 e. The van der Waals surface area contributed by atoms with Crippen LogP contribution in [-0.2, 0) is 13.1 Å². The van der Waals surface area contributed by atoms with E-state index < -0.39 is 0 Å². The van der Waals surface area contributed by atoms with Crippen LogP contribution >= 0.6 is 0 Å². The Bertz CT molecular complexity index is 488. The lowest BCUT2D eigenvalue weighted by Gasteiger charge is -2.08. The zero-order valence-corrected chi connectivity index (χ0v) is 10.1. The van der Waals surface area contributed by atoms with E-state index in [9.17, 15) is 4.39 Å². The van der Waals surface area contributed by atoms with Crippen molar-refractivity contribution >= 4 is 0 Å². The van der Waals surface area contributed by atoms with Crippen LogP contribution in [0.4, 0.5) is 4.39 Å². The molecule has 0 atom stereocenters. The smallest absolute Gasteiger partial charge is 0.123 e. The number of nitrogens with zero attached hydrogens (tertiary/aromatic N) is 2. The average molecular weight is 233 g/mol. The zero-order chi connectivity index (χ0) is 12.3. The molecule has 2 rings (SSSR count). The van der Waals surface area contributed by atoms with Gasteiger partial charge in [0.15, 0.2) is 0 Å². The van der Waals surface area contributed by atoms with Crippen LogP contribution in [-0.4, -0.2) is 16.8 Å². The summed E-state index contributed by atoms with van der Waals surface area (Å²) in [4.78, 5) is 0. The van der Waals surface area contributed by atoms with Gasteiger partial charge in [0.25, 0.3) is 0 Å². The lowest BCUT2D eigenvalue weighted by molar-refractivity contribution is 0.627. The van der Waals surface area contributed by atoms with Crippen LogP contribution in [0.1, 0.15) is 12.5 Å². The third-order valence-corrected chi connectivity index (χ3v) is 2.70. The van der Waals surface area contributed by atoms with Crippen molar-refractivity contribution < 1.29 is 4.39 Å². The van der Waals surface area contributed by atoms with Crippen molar-refractivity contribution in [1.82, 2.24) is 15.1 Å². The van der Waals surface area contributed by atoms with Gasteiger partial charge in [-0.05, 0) is 38.2 Å². The highest BCUT2D eigenvalue weighted by Gasteiger charge is 2.11. The standard InChI is InChI=1S/C13H16FN3/c1-3-17-13(11(8-15-2)9-16-17)10-4-6-12(14)7-5-10/h4-7,9,15H,3,8H2,1-2H3. The van der Waals surface area contributed by atoms with Gasteiger partial charge in [-0.3, -0.25) is 4.68 Å². The number of halogens is 1. The molecule has 1 aromatic carbocycles. The van der Waals surface area contributed by atoms with E-state index in [4.69, 9.17) is 0 Å². The van der Waals surface area contributed by atoms with Gasteiger partial charge in [0, 0.05) is 24.2 Å². The Kier molecular flexibility index (Phi) is 3.54. The predicted molar refractivity (Wildman–Crippen MR) is 66.1 cm³/mol. The minimum atomic E-state index is -0.216. The monoisotopic (exact) mass is 233 g/mol. The Hall–Kier alpha value is -1.68. The second-order valence-corrected chi connectivity index (χ2v) is 3.87. The van der Waals surface area contributed by atoms with Gasteiger partial charge in [0.2, 0.25) is 0 Å². The minimum Gasteiger partial charge on any atom is -0.316 e. The van der Waals surface area contributed by atoms with Gasteiger partial charge in [-0.25, -0.2) is 4.39 Å². The largest absolute Gasteiger partial charge is 0.316 e. The lowest BCUT2D eigenvalue weighted by atomic mass is 10.1. The summed E-state index contributed by atoms with van der Waals surface area (Å²) in [6, 6.07) is 6.53. The molecule has 0 spiro atoms. The number of hydrogen-bond acceptors (Lipinski definition) is 2. The average Bonchev–Trinajstić information content (AvgIpc) is 2.74. The summed E-state index contributed by atoms with van der Waals surface area (Å²) in [6.45, 7) is 3.60. The molecule has 0 aliphatic heterocycles.